The summed E-state index contributed by atoms with van der Waals surface area (Å²) in [5, 5.41) is 4.34. The number of nitrogens with zero attached hydrogens (tertiary/aromatic N) is 1. The van der Waals surface area contributed by atoms with Crippen molar-refractivity contribution in [2.75, 3.05) is 7.05 Å². The van der Waals surface area contributed by atoms with Crippen LogP contribution in [0, 0.1) is 0 Å². The lowest BCUT2D eigenvalue weighted by Gasteiger charge is -2.35. The maximum absolute atomic E-state index is 12.8. The van der Waals surface area contributed by atoms with Gasteiger partial charge in [-0.2, -0.15) is 0 Å². The highest BCUT2D eigenvalue weighted by Crippen LogP contribution is 2.29. The number of carbonyl (C=O) groups excluding carboxylic acids is 1. The van der Waals surface area contributed by atoms with Crippen LogP contribution in [0.15, 0.2) is 48.5 Å². The van der Waals surface area contributed by atoms with Crippen LogP contribution in [0.4, 0.5) is 0 Å². The molecule has 28 heavy (non-hydrogen) atoms. The standard InChI is InChI=1S/C23H27ClN2O2/c1-26(21-13-19-8-9-20(14-21)25-19)23(27)12-16-4-3-7-22(11-16)28-15-17-5-2-6-18(24)10-17/h2-7,10-11,19-21,25H,8-9,12-15H2,1H3. The molecule has 2 saturated heterocycles. The molecule has 0 aliphatic carbocycles. The zero-order chi connectivity index (χ0) is 19.5. The SMILES string of the molecule is CN(C(=O)Cc1cccc(OCc2cccc(Cl)c2)c1)C1CC2CCC(C1)N2. The molecule has 2 atom stereocenters. The van der Waals surface area contributed by atoms with Gasteiger partial charge in [-0.25, -0.2) is 0 Å². The minimum Gasteiger partial charge on any atom is -0.489 e. The number of carbonyl (C=O) groups is 1. The van der Waals surface area contributed by atoms with Crippen molar-refractivity contribution in [2.45, 2.75) is 56.8 Å². The Labute approximate surface area is 171 Å². The quantitative estimate of drug-likeness (QED) is 0.792. The van der Waals surface area contributed by atoms with Gasteiger partial charge in [-0.1, -0.05) is 35.9 Å². The molecule has 0 spiro atoms. The van der Waals surface area contributed by atoms with Crippen LogP contribution in [0.3, 0.4) is 0 Å². The smallest absolute Gasteiger partial charge is 0.226 e. The lowest BCUT2D eigenvalue weighted by atomic mass is 9.98. The molecule has 1 N–H and O–H groups in total. The molecule has 2 fully saturated rings. The second-order valence-corrected chi connectivity index (χ2v) is 8.45. The summed E-state index contributed by atoms with van der Waals surface area (Å²) in [7, 11) is 1.96. The van der Waals surface area contributed by atoms with E-state index in [2.05, 4.69) is 5.32 Å². The summed E-state index contributed by atoms with van der Waals surface area (Å²) in [6, 6.07) is 17.0. The first kappa shape index (κ1) is 19.3. The number of halogens is 1. The third kappa shape index (κ3) is 4.68. The van der Waals surface area contributed by atoms with E-state index in [4.69, 9.17) is 16.3 Å². The van der Waals surface area contributed by atoms with Gasteiger partial charge < -0.3 is 15.0 Å². The minimum atomic E-state index is 0.179. The maximum Gasteiger partial charge on any atom is 0.226 e. The van der Waals surface area contributed by atoms with Crippen molar-refractivity contribution in [1.29, 1.82) is 0 Å². The summed E-state index contributed by atoms with van der Waals surface area (Å²) < 4.78 is 5.89. The summed E-state index contributed by atoms with van der Waals surface area (Å²) in [6.07, 6.45) is 5.04. The molecular weight excluding hydrogens is 372 g/mol. The normalized spacial score (nSPS) is 23.4. The van der Waals surface area contributed by atoms with E-state index in [0.29, 0.717) is 36.2 Å². The van der Waals surface area contributed by atoms with Crippen molar-refractivity contribution in [2.24, 2.45) is 0 Å². The highest BCUT2D eigenvalue weighted by Gasteiger charge is 2.36. The third-order valence-corrected chi connectivity index (χ3v) is 6.17. The molecule has 1 amide bonds. The lowest BCUT2D eigenvalue weighted by molar-refractivity contribution is -0.131. The first-order valence-electron chi connectivity index (χ1n) is 10.0. The summed E-state index contributed by atoms with van der Waals surface area (Å²) in [6.45, 7) is 0.454. The van der Waals surface area contributed by atoms with Gasteiger partial charge in [0.1, 0.15) is 12.4 Å². The Morgan fingerprint density at radius 3 is 2.57 bits per heavy atom. The summed E-state index contributed by atoms with van der Waals surface area (Å²) in [4.78, 5) is 14.8. The summed E-state index contributed by atoms with van der Waals surface area (Å²) >= 11 is 6.02. The molecule has 5 heteroatoms. The number of nitrogens with one attached hydrogen (secondary N) is 1. The van der Waals surface area contributed by atoms with Crippen LogP contribution in [0.2, 0.25) is 5.02 Å². The molecule has 4 rings (SSSR count). The van der Waals surface area contributed by atoms with Crippen molar-refractivity contribution in [3.63, 3.8) is 0 Å². The highest BCUT2D eigenvalue weighted by molar-refractivity contribution is 6.30. The third-order valence-electron chi connectivity index (χ3n) is 5.94. The molecule has 2 bridgehead atoms. The average molecular weight is 399 g/mol. The van der Waals surface area contributed by atoms with Gasteiger partial charge in [0.2, 0.25) is 5.91 Å². The van der Waals surface area contributed by atoms with Gasteiger partial charge in [0, 0.05) is 30.2 Å². The fourth-order valence-corrected chi connectivity index (χ4v) is 4.60. The second kappa shape index (κ2) is 8.54. The molecule has 0 aromatic heterocycles. The van der Waals surface area contributed by atoms with Crippen molar-refractivity contribution < 1.29 is 9.53 Å². The van der Waals surface area contributed by atoms with Gasteiger partial charge in [-0.05, 0) is 61.1 Å². The van der Waals surface area contributed by atoms with E-state index in [-0.39, 0.29) is 5.91 Å². The van der Waals surface area contributed by atoms with Gasteiger partial charge in [0.25, 0.3) is 0 Å². The maximum atomic E-state index is 12.8. The number of rotatable bonds is 6. The molecule has 2 aromatic rings. The Morgan fingerprint density at radius 2 is 1.82 bits per heavy atom. The predicted octanol–water partition coefficient (Wildman–Crippen LogP) is 4.20. The van der Waals surface area contributed by atoms with Gasteiger partial charge in [-0.3, -0.25) is 4.79 Å². The number of hydrogen-bond donors (Lipinski definition) is 1. The fraction of sp³-hybridized carbons (Fsp3) is 0.435. The van der Waals surface area contributed by atoms with Gasteiger partial charge >= 0.3 is 0 Å². The van der Waals surface area contributed by atoms with Gasteiger partial charge in [0.05, 0.1) is 6.42 Å². The van der Waals surface area contributed by atoms with Crippen molar-refractivity contribution in [1.82, 2.24) is 10.2 Å². The Morgan fingerprint density at radius 1 is 1.11 bits per heavy atom. The first-order chi connectivity index (χ1) is 13.6. The topological polar surface area (TPSA) is 41.6 Å². The number of benzene rings is 2. The van der Waals surface area contributed by atoms with Crippen LogP contribution in [0.25, 0.3) is 0 Å². The van der Waals surface area contributed by atoms with E-state index in [1.165, 1.54) is 12.8 Å². The molecule has 2 aromatic carbocycles. The van der Waals surface area contributed by atoms with E-state index < -0.39 is 0 Å². The summed E-state index contributed by atoms with van der Waals surface area (Å²) in [5.74, 6) is 0.950. The highest BCUT2D eigenvalue weighted by atomic mass is 35.5. The second-order valence-electron chi connectivity index (χ2n) is 8.01. The van der Waals surface area contributed by atoms with E-state index in [0.717, 1.165) is 29.7 Å². The zero-order valence-corrected chi connectivity index (χ0v) is 17.0. The molecule has 148 valence electrons. The largest absolute Gasteiger partial charge is 0.489 e. The predicted molar refractivity (Wildman–Crippen MR) is 112 cm³/mol. The fourth-order valence-electron chi connectivity index (χ4n) is 4.39. The number of likely N-dealkylation sites (N-methyl/N-ethyl adjacent to an activating group) is 1. The number of piperidine rings is 1. The monoisotopic (exact) mass is 398 g/mol. The van der Waals surface area contributed by atoms with E-state index in [1.54, 1.807) is 0 Å². The number of ether oxygens (including phenoxy) is 1. The molecule has 2 aliphatic heterocycles. The molecule has 2 heterocycles. The van der Waals surface area contributed by atoms with E-state index >= 15 is 0 Å². The molecule has 0 radical (unpaired) electrons. The zero-order valence-electron chi connectivity index (χ0n) is 16.2. The van der Waals surface area contributed by atoms with E-state index in [1.807, 2.05) is 60.5 Å². The Hall–Kier alpha value is -2.04. The molecule has 4 nitrogen and oxygen atoms in total. The van der Waals surface area contributed by atoms with E-state index in [9.17, 15) is 4.79 Å². The Bertz CT molecular complexity index is 829. The van der Waals surface area contributed by atoms with Gasteiger partial charge in [0.15, 0.2) is 0 Å². The first-order valence-corrected chi connectivity index (χ1v) is 10.4. The van der Waals surface area contributed by atoms with Crippen LogP contribution in [0.1, 0.15) is 36.8 Å². The van der Waals surface area contributed by atoms with Crippen LogP contribution in [-0.2, 0) is 17.8 Å². The molecule has 2 aliphatic rings. The average Bonchev–Trinajstić information content (AvgIpc) is 3.04. The van der Waals surface area contributed by atoms with Crippen molar-refractivity contribution in [3.8, 4) is 5.75 Å². The van der Waals surface area contributed by atoms with Gasteiger partial charge in [-0.15, -0.1) is 0 Å². The Kier molecular flexibility index (Phi) is 5.88. The summed E-state index contributed by atoms with van der Waals surface area (Å²) in [5.41, 5.74) is 2.01. The van der Waals surface area contributed by atoms with Crippen LogP contribution in [0.5, 0.6) is 5.75 Å². The lowest BCUT2D eigenvalue weighted by Crippen LogP contribution is -2.49. The minimum absolute atomic E-state index is 0.179. The number of hydrogen-bond acceptors (Lipinski definition) is 3. The molecule has 0 saturated carbocycles. The van der Waals surface area contributed by atoms with Crippen LogP contribution >= 0.6 is 11.6 Å². The van der Waals surface area contributed by atoms with Crippen molar-refractivity contribution in [3.05, 3.63) is 64.7 Å². The van der Waals surface area contributed by atoms with Crippen molar-refractivity contribution >= 4 is 17.5 Å². The van der Waals surface area contributed by atoms with Crippen LogP contribution < -0.4 is 10.1 Å². The molecular formula is C23H27ClN2O2. The molecule has 2 unspecified atom stereocenters. The Balaban J connectivity index is 1.34. The number of amides is 1. The van der Waals surface area contributed by atoms with Crippen LogP contribution in [-0.4, -0.2) is 36.0 Å². The number of fused-ring (bicyclic) bond motifs is 2.